The van der Waals surface area contributed by atoms with Crippen molar-refractivity contribution in [3.8, 4) is 0 Å². The zero-order chi connectivity index (χ0) is 14.6. The highest BCUT2D eigenvalue weighted by molar-refractivity contribution is 6.31. The van der Waals surface area contributed by atoms with E-state index in [2.05, 4.69) is 10.5 Å². The Morgan fingerprint density at radius 1 is 1.47 bits per heavy atom. The molecule has 0 amide bonds. The fourth-order valence-corrected chi connectivity index (χ4v) is 2.58. The van der Waals surface area contributed by atoms with Crippen LogP contribution < -0.4 is 11.3 Å². The van der Waals surface area contributed by atoms with Crippen molar-refractivity contribution < 1.29 is 4.74 Å². The normalized spacial score (nSPS) is 13.8. The molecule has 1 rings (SSSR count). The molecule has 19 heavy (non-hydrogen) atoms. The second-order valence-corrected chi connectivity index (χ2v) is 5.52. The smallest absolute Gasteiger partial charge is 0.0850 e. The second-order valence-electron chi connectivity index (χ2n) is 5.14. The number of hydrazine groups is 1. The van der Waals surface area contributed by atoms with E-state index in [4.69, 9.17) is 22.2 Å². The van der Waals surface area contributed by atoms with E-state index in [9.17, 15) is 0 Å². The zero-order valence-corrected chi connectivity index (χ0v) is 13.2. The van der Waals surface area contributed by atoms with Crippen LogP contribution in [-0.2, 0) is 24.6 Å². The number of rotatable bonds is 7. The summed E-state index contributed by atoms with van der Waals surface area (Å²) >= 11 is 6.37. The summed E-state index contributed by atoms with van der Waals surface area (Å²) in [6.45, 7) is 8.70. The maximum Gasteiger partial charge on any atom is 0.0850 e. The Hall–Kier alpha value is -0.620. The van der Waals surface area contributed by atoms with Gasteiger partial charge >= 0.3 is 0 Å². The lowest BCUT2D eigenvalue weighted by atomic mass is 9.94. The predicted octanol–water partition coefficient (Wildman–Crippen LogP) is 1.83. The molecule has 0 bridgehead atoms. The van der Waals surface area contributed by atoms with Gasteiger partial charge in [-0.05, 0) is 27.2 Å². The Balaban J connectivity index is 2.96. The van der Waals surface area contributed by atoms with Crippen LogP contribution in [0.1, 0.15) is 39.1 Å². The number of hydrogen-bond acceptors (Lipinski definition) is 4. The van der Waals surface area contributed by atoms with Crippen LogP contribution in [0.4, 0.5) is 0 Å². The van der Waals surface area contributed by atoms with E-state index >= 15 is 0 Å². The molecule has 1 aromatic rings. The molecule has 0 aliphatic rings. The van der Waals surface area contributed by atoms with Crippen LogP contribution in [0, 0.1) is 0 Å². The molecule has 0 radical (unpaired) electrons. The van der Waals surface area contributed by atoms with Crippen molar-refractivity contribution in [2.45, 2.75) is 52.2 Å². The first-order chi connectivity index (χ1) is 8.87. The monoisotopic (exact) mass is 288 g/mol. The molecule has 0 saturated heterocycles. The number of ether oxygens (including phenoxy) is 1. The fraction of sp³-hybridized carbons (Fsp3) is 0.769. The molecule has 1 atom stereocenters. The molecule has 0 aromatic carbocycles. The quantitative estimate of drug-likeness (QED) is 0.593. The van der Waals surface area contributed by atoms with E-state index in [-0.39, 0.29) is 11.6 Å². The van der Waals surface area contributed by atoms with Gasteiger partial charge in [-0.1, -0.05) is 18.5 Å². The van der Waals surface area contributed by atoms with Crippen LogP contribution in [0.5, 0.6) is 0 Å². The van der Waals surface area contributed by atoms with Crippen LogP contribution in [0.15, 0.2) is 0 Å². The number of hydrogen-bond donors (Lipinski definition) is 2. The highest BCUT2D eigenvalue weighted by Gasteiger charge is 2.31. The summed E-state index contributed by atoms with van der Waals surface area (Å²) in [7, 11) is 1.90. The van der Waals surface area contributed by atoms with E-state index in [1.54, 1.807) is 0 Å². The Morgan fingerprint density at radius 2 is 2.11 bits per heavy atom. The third kappa shape index (κ3) is 3.69. The average Bonchev–Trinajstić information content (AvgIpc) is 2.61. The molecule has 5 nitrogen and oxygen atoms in total. The van der Waals surface area contributed by atoms with Crippen molar-refractivity contribution >= 4 is 11.6 Å². The van der Waals surface area contributed by atoms with E-state index in [0.717, 1.165) is 22.8 Å². The SMILES string of the molecule is CCOC(C)(C)C(Cc1c(Cl)c(CC)nn1C)NN. The summed E-state index contributed by atoms with van der Waals surface area (Å²) in [4.78, 5) is 0. The van der Waals surface area contributed by atoms with Crippen LogP contribution in [0.3, 0.4) is 0 Å². The van der Waals surface area contributed by atoms with Crippen molar-refractivity contribution in [2.75, 3.05) is 6.61 Å². The Labute approximate surface area is 120 Å². The van der Waals surface area contributed by atoms with E-state index in [1.807, 2.05) is 39.4 Å². The van der Waals surface area contributed by atoms with Crippen LogP contribution in [0.25, 0.3) is 0 Å². The van der Waals surface area contributed by atoms with Gasteiger partial charge in [0.1, 0.15) is 0 Å². The first-order valence-electron chi connectivity index (χ1n) is 6.67. The molecule has 0 spiro atoms. The molecule has 0 aliphatic heterocycles. The third-order valence-corrected chi connectivity index (χ3v) is 3.89. The fourth-order valence-electron chi connectivity index (χ4n) is 2.21. The maximum absolute atomic E-state index is 6.37. The number of aryl methyl sites for hydroxylation is 2. The lowest BCUT2D eigenvalue weighted by Crippen LogP contribution is -2.53. The van der Waals surface area contributed by atoms with Gasteiger partial charge in [0.15, 0.2) is 0 Å². The Kier molecular flexibility index (Phi) is 5.80. The minimum atomic E-state index is -0.372. The minimum absolute atomic E-state index is 0.0370. The molecule has 1 aromatic heterocycles. The largest absolute Gasteiger partial charge is 0.374 e. The van der Waals surface area contributed by atoms with E-state index < -0.39 is 0 Å². The molecular weight excluding hydrogens is 264 g/mol. The minimum Gasteiger partial charge on any atom is -0.374 e. The van der Waals surface area contributed by atoms with Crippen molar-refractivity contribution in [3.63, 3.8) is 0 Å². The number of aromatic nitrogens is 2. The average molecular weight is 289 g/mol. The molecule has 0 fully saturated rings. The Bertz CT molecular complexity index is 417. The van der Waals surface area contributed by atoms with Crippen molar-refractivity contribution in [2.24, 2.45) is 12.9 Å². The van der Waals surface area contributed by atoms with Gasteiger partial charge in [-0.3, -0.25) is 16.0 Å². The number of nitrogens with one attached hydrogen (secondary N) is 1. The van der Waals surface area contributed by atoms with Gasteiger partial charge in [-0.25, -0.2) is 0 Å². The van der Waals surface area contributed by atoms with Gasteiger partial charge in [-0.15, -0.1) is 0 Å². The summed E-state index contributed by atoms with van der Waals surface area (Å²) in [6, 6.07) is -0.0370. The number of nitrogens with two attached hydrogens (primary N) is 1. The summed E-state index contributed by atoms with van der Waals surface area (Å²) in [6.07, 6.45) is 1.49. The van der Waals surface area contributed by atoms with Crippen LogP contribution in [-0.4, -0.2) is 28.0 Å². The standard InChI is InChI=1S/C13H25ClN4O/c1-6-9-12(14)10(18(5)17-9)8-11(16-15)13(3,4)19-7-2/h11,16H,6-8,15H2,1-5H3. The zero-order valence-electron chi connectivity index (χ0n) is 12.5. The van der Waals surface area contributed by atoms with Gasteiger partial charge in [0.05, 0.1) is 28.1 Å². The molecule has 110 valence electrons. The highest BCUT2D eigenvalue weighted by atomic mass is 35.5. The summed E-state index contributed by atoms with van der Waals surface area (Å²) in [5.41, 5.74) is 4.36. The maximum atomic E-state index is 6.37. The van der Waals surface area contributed by atoms with Gasteiger partial charge < -0.3 is 4.74 Å². The molecule has 1 unspecified atom stereocenters. The van der Waals surface area contributed by atoms with Gasteiger partial charge in [0, 0.05) is 20.1 Å². The molecule has 6 heteroatoms. The third-order valence-electron chi connectivity index (χ3n) is 3.46. The number of nitrogens with zero attached hydrogens (tertiary/aromatic N) is 2. The lowest BCUT2D eigenvalue weighted by molar-refractivity contribution is -0.0384. The topological polar surface area (TPSA) is 65.1 Å². The van der Waals surface area contributed by atoms with Gasteiger partial charge in [0.25, 0.3) is 0 Å². The summed E-state index contributed by atoms with van der Waals surface area (Å²) in [5, 5.41) is 5.15. The summed E-state index contributed by atoms with van der Waals surface area (Å²) in [5.74, 6) is 5.67. The first kappa shape index (κ1) is 16.4. The Morgan fingerprint density at radius 3 is 2.53 bits per heavy atom. The van der Waals surface area contributed by atoms with Crippen molar-refractivity contribution in [1.82, 2.24) is 15.2 Å². The summed E-state index contributed by atoms with van der Waals surface area (Å²) < 4.78 is 7.58. The molecule has 3 N–H and O–H groups in total. The van der Waals surface area contributed by atoms with Crippen LogP contribution >= 0.6 is 11.6 Å². The predicted molar refractivity (Wildman–Crippen MR) is 78.1 cm³/mol. The second kappa shape index (κ2) is 6.70. The van der Waals surface area contributed by atoms with E-state index in [1.165, 1.54) is 0 Å². The molecule has 1 heterocycles. The molecule has 0 saturated carbocycles. The molecular formula is C13H25ClN4O. The first-order valence-corrected chi connectivity index (χ1v) is 7.05. The van der Waals surface area contributed by atoms with Crippen molar-refractivity contribution in [1.29, 1.82) is 0 Å². The number of halogens is 1. The van der Waals surface area contributed by atoms with Crippen molar-refractivity contribution in [3.05, 3.63) is 16.4 Å². The van der Waals surface area contributed by atoms with E-state index in [0.29, 0.717) is 13.0 Å². The highest BCUT2D eigenvalue weighted by Crippen LogP contribution is 2.25. The van der Waals surface area contributed by atoms with Gasteiger partial charge in [0.2, 0.25) is 0 Å². The molecule has 0 aliphatic carbocycles. The lowest BCUT2D eigenvalue weighted by Gasteiger charge is -2.33. The van der Waals surface area contributed by atoms with Gasteiger partial charge in [-0.2, -0.15) is 5.10 Å². The van der Waals surface area contributed by atoms with Crippen LogP contribution in [0.2, 0.25) is 5.02 Å².